The predicted molar refractivity (Wildman–Crippen MR) is 90.5 cm³/mol. The number of halogens is 1. The Hall–Kier alpha value is -0.580. The fourth-order valence-corrected chi connectivity index (χ4v) is 3.55. The first-order chi connectivity index (χ1) is 9.56. The van der Waals surface area contributed by atoms with Crippen molar-refractivity contribution in [2.24, 2.45) is 0 Å². The Morgan fingerprint density at radius 2 is 2.15 bits per heavy atom. The number of likely N-dealkylation sites (N-methyl/N-ethyl adjacent to an activating group) is 1. The van der Waals surface area contributed by atoms with E-state index in [4.69, 9.17) is 0 Å². The molecule has 112 valence electrons. The highest BCUT2D eigenvalue weighted by Gasteiger charge is 2.23. The lowest BCUT2D eigenvalue weighted by Gasteiger charge is -2.41. The largest absolute Gasteiger partial charge is 0.368 e. The van der Waals surface area contributed by atoms with E-state index in [1.165, 1.54) is 15.7 Å². The zero-order chi connectivity index (χ0) is 14.7. The molecule has 1 N–H and O–H groups in total. The normalized spacial score (nSPS) is 22.1. The molecule has 1 aromatic carbocycles. The van der Waals surface area contributed by atoms with Crippen LogP contribution in [0.3, 0.4) is 0 Å². The molecule has 20 heavy (non-hydrogen) atoms. The zero-order valence-corrected chi connectivity index (χ0v) is 14.6. The van der Waals surface area contributed by atoms with Gasteiger partial charge in [0.2, 0.25) is 0 Å². The number of nitrogens with one attached hydrogen (secondary N) is 1. The summed E-state index contributed by atoms with van der Waals surface area (Å²) in [5.41, 5.74) is 2.64. The molecule has 1 aliphatic heterocycles. The van der Waals surface area contributed by atoms with E-state index in [2.05, 4.69) is 70.0 Å². The number of piperazine rings is 1. The predicted octanol–water partition coefficient (Wildman–Crippen LogP) is 3.26. The van der Waals surface area contributed by atoms with E-state index >= 15 is 0 Å². The van der Waals surface area contributed by atoms with Crippen molar-refractivity contribution in [2.75, 3.05) is 38.1 Å². The molecule has 1 aromatic rings. The van der Waals surface area contributed by atoms with Gasteiger partial charge < -0.3 is 10.2 Å². The summed E-state index contributed by atoms with van der Waals surface area (Å²) in [6, 6.07) is 7.74. The summed E-state index contributed by atoms with van der Waals surface area (Å²) >= 11 is 3.75. The second-order valence-electron chi connectivity index (χ2n) is 5.64. The van der Waals surface area contributed by atoms with Crippen molar-refractivity contribution < 1.29 is 0 Å². The maximum Gasteiger partial charge on any atom is 0.0511 e. The van der Waals surface area contributed by atoms with E-state index in [0.717, 1.165) is 26.2 Å². The number of anilines is 1. The Labute approximate surface area is 131 Å². The maximum absolute atomic E-state index is 3.75. The average molecular weight is 340 g/mol. The van der Waals surface area contributed by atoms with Crippen molar-refractivity contribution in [2.45, 2.75) is 32.9 Å². The van der Waals surface area contributed by atoms with Gasteiger partial charge in [0.25, 0.3) is 0 Å². The summed E-state index contributed by atoms with van der Waals surface area (Å²) < 4.78 is 1.20. The van der Waals surface area contributed by atoms with E-state index in [1.807, 2.05) is 7.05 Å². The highest BCUT2D eigenvalue weighted by atomic mass is 79.9. The first-order valence-corrected chi connectivity index (χ1v) is 8.31. The standard InChI is InChI=1S/C16H26BrN3/c1-5-19-8-9-20(11-12(19)2)16-7-6-14(10-15(16)17)13(3)18-4/h6-7,10,12-13,18H,5,8-9,11H2,1-4H3. The van der Waals surface area contributed by atoms with Gasteiger partial charge in [-0.2, -0.15) is 0 Å². The molecular formula is C16H26BrN3. The van der Waals surface area contributed by atoms with Crippen LogP contribution in [0.15, 0.2) is 22.7 Å². The van der Waals surface area contributed by atoms with Crippen LogP contribution < -0.4 is 10.2 Å². The fraction of sp³-hybridized carbons (Fsp3) is 0.625. The van der Waals surface area contributed by atoms with Crippen LogP contribution >= 0.6 is 15.9 Å². The first kappa shape index (κ1) is 15.8. The minimum absolute atomic E-state index is 0.385. The van der Waals surface area contributed by atoms with Gasteiger partial charge in [-0.1, -0.05) is 13.0 Å². The van der Waals surface area contributed by atoms with Gasteiger partial charge in [-0.25, -0.2) is 0 Å². The van der Waals surface area contributed by atoms with Crippen LogP contribution in [0.5, 0.6) is 0 Å². The monoisotopic (exact) mass is 339 g/mol. The Bertz CT molecular complexity index is 449. The van der Waals surface area contributed by atoms with Crippen LogP contribution in [-0.2, 0) is 0 Å². The molecule has 3 nitrogen and oxygen atoms in total. The van der Waals surface area contributed by atoms with E-state index in [-0.39, 0.29) is 0 Å². The lowest BCUT2D eigenvalue weighted by atomic mass is 10.1. The molecule has 1 fully saturated rings. The Morgan fingerprint density at radius 3 is 2.70 bits per heavy atom. The number of hydrogen-bond acceptors (Lipinski definition) is 3. The Balaban J connectivity index is 2.14. The maximum atomic E-state index is 3.75. The molecule has 1 saturated heterocycles. The lowest BCUT2D eigenvalue weighted by Crippen LogP contribution is -2.51. The molecule has 1 heterocycles. The van der Waals surface area contributed by atoms with Gasteiger partial charge in [0.1, 0.15) is 0 Å². The number of rotatable bonds is 4. The molecule has 2 unspecified atom stereocenters. The van der Waals surface area contributed by atoms with Gasteiger partial charge in [0, 0.05) is 36.2 Å². The van der Waals surface area contributed by atoms with E-state index in [0.29, 0.717) is 12.1 Å². The summed E-state index contributed by atoms with van der Waals surface area (Å²) in [5.74, 6) is 0. The molecule has 1 aliphatic rings. The van der Waals surface area contributed by atoms with Crippen molar-refractivity contribution in [1.82, 2.24) is 10.2 Å². The van der Waals surface area contributed by atoms with E-state index in [9.17, 15) is 0 Å². The van der Waals surface area contributed by atoms with Crippen molar-refractivity contribution in [3.8, 4) is 0 Å². The second-order valence-corrected chi connectivity index (χ2v) is 6.50. The fourth-order valence-electron chi connectivity index (χ4n) is 2.90. The molecule has 2 rings (SSSR count). The van der Waals surface area contributed by atoms with Crippen LogP contribution in [0.2, 0.25) is 0 Å². The minimum Gasteiger partial charge on any atom is -0.368 e. The average Bonchev–Trinajstić information content (AvgIpc) is 2.46. The summed E-state index contributed by atoms with van der Waals surface area (Å²) in [4.78, 5) is 5.04. The number of benzene rings is 1. The quantitative estimate of drug-likeness (QED) is 0.908. The van der Waals surface area contributed by atoms with Crippen LogP contribution in [0, 0.1) is 0 Å². The smallest absolute Gasteiger partial charge is 0.0511 e. The van der Waals surface area contributed by atoms with Crippen LogP contribution in [-0.4, -0.2) is 44.2 Å². The van der Waals surface area contributed by atoms with Crippen molar-refractivity contribution in [1.29, 1.82) is 0 Å². The van der Waals surface area contributed by atoms with Crippen LogP contribution in [0.25, 0.3) is 0 Å². The number of nitrogens with zero attached hydrogens (tertiary/aromatic N) is 2. The summed E-state index contributed by atoms with van der Waals surface area (Å²) in [7, 11) is 2.00. The molecule has 0 aromatic heterocycles. The second kappa shape index (κ2) is 6.92. The lowest BCUT2D eigenvalue weighted by molar-refractivity contribution is 0.199. The molecule has 0 bridgehead atoms. The SMILES string of the molecule is CCN1CCN(c2ccc(C(C)NC)cc2Br)CC1C. The molecule has 0 aliphatic carbocycles. The van der Waals surface area contributed by atoms with Crippen molar-refractivity contribution in [3.63, 3.8) is 0 Å². The Kier molecular flexibility index (Phi) is 5.47. The molecule has 4 heteroatoms. The summed E-state index contributed by atoms with van der Waals surface area (Å²) in [5, 5.41) is 3.29. The number of hydrogen-bond donors (Lipinski definition) is 1. The van der Waals surface area contributed by atoms with Crippen molar-refractivity contribution >= 4 is 21.6 Å². The third-order valence-corrected chi connectivity index (χ3v) is 5.05. The molecule has 0 spiro atoms. The summed E-state index contributed by atoms with van der Waals surface area (Å²) in [6.45, 7) is 11.3. The molecular weight excluding hydrogens is 314 g/mol. The van der Waals surface area contributed by atoms with Gasteiger partial charge in [-0.15, -0.1) is 0 Å². The van der Waals surface area contributed by atoms with Crippen molar-refractivity contribution in [3.05, 3.63) is 28.2 Å². The van der Waals surface area contributed by atoms with E-state index in [1.54, 1.807) is 0 Å². The zero-order valence-electron chi connectivity index (χ0n) is 13.0. The van der Waals surface area contributed by atoms with Gasteiger partial charge in [-0.05, 0) is 61.1 Å². The topological polar surface area (TPSA) is 18.5 Å². The molecule has 0 amide bonds. The van der Waals surface area contributed by atoms with Gasteiger partial charge >= 0.3 is 0 Å². The Morgan fingerprint density at radius 1 is 1.40 bits per heavy atom. The molecule has 2 atom stereocenters. The molecule has 0 saturated carbocycles. The van der Waals surface area contributed by atoms with E-state index < -0.39 is 0 Å². The highest BCUT2D eigenvalue weighted by Crippen LogP contribution is 2.30. The van der Waals surface area contributed by atoms with Gasteiger partial charge in [-0.3, -0.25) is 4.90 Å². The van der Waals surface area contributed by atoms with Crippen LogP contribution in [0.1, 0.15) is 32.4 Å². The first-order valence-electron chi connectivity index (χ1n) is 7.52. The third kappa shape index (κ3) is 3.35. The third-order valence-electron chi connectivity index (χ3n) is 4.42. The van der Waals surface area contributed by atoms with Gasteiger partial charge in [0.05, 0.1) is 5.69 Å². The molecule has 0 radical (unpaired) electrons. The van der Waals surface area contributed by atoms with Crippen LogP contribution in [0.4, 0.5) is 5.69 Å². The minimum atomic E-state index is 0.385. The highest BCUT2D eigenvalue weighted by molar-refractivity contribution is 9.10. The summed E-state index contributed by atoms with van der Waals surface area (Å²) in [6.07, 6.45) is 0. The van der Waals surface area contributed by atoms with Gasteiger partial charge in [0.15, 0.2) is 0 Å².